The van der Waals surface area contributed by atoms with Crippen LogP contribution in [0.15, 0.2) is 12.3 Å². The molecule has 1 heterocycles. The average Bonchev–Trinajstić information content (AvgIpc) is 2.54. The SMILES string of the molecule is C=C[Si]1(C)O[Si](C)(CCC(F)(F)F)O[Si](C)(CCC(F)(F)F)O[Si](C)(CCC(F)(F)F)O1. The standard InChI is InChI=1S/C15H27F9O4Si4/c1-6-29(2)25-30(3,10-7-13(16,17)18)27-32(5,12-9-15(22,23)24)28-31(4,26-29)11-8-14(19,20)21/h6H,1,7-12H2,2-5H3. The van der Waals surface area contributed by atoms with E-state index >= 15 is 0 Å². The summed E-state index contributed by atoms with van der Waals surface area (Å²) in [5.41, 5.74) is 1.21. The van der Waals surface area contributed by atoms with Crippen LogP contribution in [0.5, 0.6) is 0 Å². The Morgan fingerprint density at radius 1 is 0.562 bits per heavy atom. The number of rotatable bonds is 7. The van der Waals surface area contributed by atoms with Crippen molar-refractivity contribution in [2.45, 2.75) is 82.1 Å². The quantitative estimate of drug-likeness (QED) is 0.252. The summed E-state index contributed by atoms with van der Waals surface area (Å²) in [4.78, 5) is 0. The van der Waals surface area contributed by atoms with E-state index in [4.69, 9.17) is 16.5 Å². The van der Waals surface area contributed by atoms with Crippen molar-refractivity contribution in [3.63, 3.8) is 0 Å². The second kappa shape index (κ2) is 9.82. The third kappa shape index (κ3) is 10.8. The maximum absolute atomic E-state index is 12.9. The first-order valence-corrected chi connectivity index (χ1v) is 19.6. The second-order valence-corrected chi connectivity index (χ2v) is 22.4. The van der Waals surface area contributed by atoms with Crippen molar-refractivity contribution in [2.75, 3.05) is 0 Å². The van der Waals surface area contributed by atoms with Crippen LogP contribution in [0.2, 0.25) is 44.3 Å². The highest BCUT2D eigenvalue weighted by molar-refractivity contribution is 6.95. The molecule has 0 radical (unpaired) electrons. The second-order valence-electron chi connectivity index (χ2n) is 8.38. The van der Waals surface area contributed by atoms with Crippen LogP contribution in [-0.2, 0) is 16.5 Å². The van der Waals surface area contributed by atoms with Gasteiger partial charge < -0.3 is 16.5 Å². The van der Waals surface area contributed by atoms with E-state index in [9.17, 15) is 39.5 Å². The van der Waals surface area contributed by atoms with Crippen molar-refractivity contribution in [3.8, 4) is 0 Å². The van der Waals surface area contributed by atoms with Crippen LogP contribution in [-0.4, -0.2) is 52.8 Å². The number of hydrogen-bond acceptors (Lipinski definition) is 4. The van der Waals surface area contributed by atoms with Gasteiger partial charge in [0.1, 0.15) is 0 Å². The molecule has 17 heteroatoms. The van der Waals surface area contributed by atoms with Crippen LogP contribution in [0.25, 0.3) is 0 Å². The van der Waals surface area contributed by atoms with E-state index in [1.165, 1.54) is 31.9 Å². The van der Waals surface area contributed by atoms with Crippen molar-refractivity contribution >= 4 is 34.2 Å². The summed E-state index contributed by atoms with van der Waals surface area (Å²) in [7, 11) is -15.2. The van der Waals surface area contributed by atoms with E-state index in [1.54, 1.807) is 0 Å². The lowest BCUT2D eigenvalue weighted by Crippen LogP contribution is -2.67. The van der Waals surface area contributed by atoms with Crippen molar-refractivity contribution in [2.24, 2.45) is 0 Å². The minimum atomic E-state index is -4.62. The molecule has 2 unspecified atom stereocenters. The van der Waals surface area contributed by atoms with E-state index in [0.29, 0.717) is 0 Å². The molecule has 190 valence electrons. The van der Waals surface area contributed by atoms with Crippen molar-refractivity contribution in [1.29, 1.82) is 0 Å². The molecule has 0 N–H and O–H groups in total. The lowest BCUT2D eigenvalue weighted by molar-refractivity contribution is -0.132. The molecular formula is C15H27F9O4Si4. The van der Waals surface area contributed by atoms with Gasteiger partial charge in [0.05, 0.1) is 0 Å². The predicted molar refractivity (Wildman–Crippen MR) is 107 cm³/mol. The zero-order valence-corrected chi connectivity index (χ0v) is 22.1. The van der Waals surface area contributed by atoms with Gasteiger partial charge in [-0.15, -0.1) is 6.58 Å². The fraction of sp³-hybridized carbons (Fsp3) is 0.867. The first-order valence-electron chi connectivity index (χ1n) is 9.65. The topological polar surface area (TPSA) is 36.9 Å². The third-order valence-corrected chi connectivity index (χ3v) is 22.5. The van der Waals surface area contributed by atoms with Gasteiger partial charge in [0, 0.05) is 19.3 Å². The summed E-state index contributed by atoms with van der Waals surface area (Å²) in [6, 6.07) is -1.97. The summed E-state index contributed by atoms with van der Waals surface area (Å²) >= 11 is 0. The summed E-state index contributed by atoms with van der Waals surface area (Å²) < 4.78 is 140. The Kier molecular flexibility index (Phi) is 9.16. The Morgan fingerprint density at radius 2 is 0.812 bits per heavy atom. The predicted octanol–water partition coefficient (Wildman–Crippen LogP) is 6.94. The van der Waals surface area contributed by atoms with E-state index < -0.39 is 90.2 Å². The Bertz CT molecular complexity index is 622. The van der Waals surface area contributed by atoms with Crippen LogP contribution >= 0.6 is 0 Å². The highest BCUT2D eigenvalue weighted by Gasteiger charge is 2.57. The van der Waals surface area contributed by atoms with Gasteiger partial charge in [-0.3, -0.25) is 0 Å². The van der Waals surface area contributed by atoms with Gasteiger partial charge in [-0.2, -0.15) is 39.5 Å². The molecule has 0 aromatic rings. The van der Waals surface area contributed by atoms with Gasteiger partial charge >= 0.3 is 52.8 Å². The maximum atomic E-state index is 12.9. The Hall–Kier alpha value is -0.182. The third-order valence-electron chi connectivity index (χ3n) is 4.66. The van der Waals surface area contributed by atoms with Crippen molar-refractivity contribution in [1.82, 2.24) is 0 Å². The van der Waals surface area contributed by atoms with Gasteiger partial charge in [0.2, 0.25) is 0 Å². The molecule has 0 aromatic heterocycles. The lowest BCUT2D eigenvalue weighted by Gasteiger charge is -2.49. The van der Waals surface area contributed by atoms with E-state index in [0.717, 1.165) is 0 Å². The fourth-order valence-corrected chi connectivity index (χ4v) is 25.0. The van der Waals surface area contributed by atoms with E-state index in [2.05, 4.69) is 6.58 Å². The van der Waals surface area contributed by atoms with Gasteiger partial charge in [-0.25, -0.2) is 0 Å². The number of halogens is 9. The first kappa shape index (κ1) is 29.8. The Balaban J connectivity index is 3.36. The van der Waals surface area contributed by atoms with Crippen LogP contribution in [0.1, 0.15) is 19.3 Å². The summed E-state index contributed by atoms with van der Waals surface area (Å²) in [5, 5.41) is 0. The van der Waals surface area contributed by atoms with Gasteiger partial charge in [-0.1, -0.05) is 5.70 Å². The highest BCUT2D eigenvalue weighted by atomic mass is 28.5. The zero-order valence-electron chi connectivity index (χ0n) is 18.1. The minimum Gasteiger partial charge on any atom is -0.416 e. The molecule has 4 nitrogen and oxygen atoms in total. The monoisotopic (exact) mass is 554 g/mol. The van der Waals surface area contributed by atoms with Crippen LogP contribution in [0, 0.1) is 0 Å². The fourth-order valence-electron chi connectivity index (χ4n) is 3.35. The number of alkyl halides is 9. The maximum Gasteiger partial charge on any atom is 0.389 e. The molecule has 2 atom stereocenters. The molecule has 1 fully saturated rings. The molecule has 1 rings (SSSR count). The van der Waals surface area contributed by atoms with Gasteiger partial charge in [-0.05, 0) is 44.3 Å². The van der Waals surface area contributed by atoms with E-state index in [-0.39, 0.29) is 0 Å². The summed E-state index contributed by atoms with van der Waals surface area (Å²) in [6.07, 6.45) is -17.7. The largest absolute Gasteiger partial charge is 0.416 e. The molecular weight excluding hydrogens is 527 g/mol. The molecule has 1 saturated heterocycles. The molecule has 0 saturated carbocycles. The summed E-state index contributed by atoms with van der Waals surface area (Å²) in [5.74, 6) is 0. The lowest BCUT2D eigenvalue weighted by atomic mass is 10.5. The van der Waals surface area contributed by atoms with Gasteiger partial charge in [0.15, 0.2) is 0 Å². The molecule has 0 aromatic carbocycles. The molecule has 32 heavy (non-hydrogen) atoms. The zero-order chi connectivity index (χ0) is 25.3. The summed E-state index contributed by atoms with van der Waals surface area (Å²) in [6.45, 7) is 8.70. The minimum absolute atomic E-state index is 0.630. The Labute approximate surface area is 185 Å². The average molecular weight is 555 g/mol. The van der Waals surface area contributed by atoms with E-state index in [1.807, 2.05) is 0 Å². The van der Waals surface area contributed by atoms with Crippen LogP contribution < -0.4 is 0 Å². The van der Waals surface area contributed by atoms with Crippen LogP contribution in [0.3, 0.4) is 0 Å². The Morgan fingerprint density at radius 3 is 1.03 bits per heavy atom. The smallest absolute Gasteiger partial charge is 0.389 e. The first-order chi connectivity index (χ1) is 14.0. The molecule has 1 aliphatic rings. The molecule has 0 aliphatic carbocycles. The highest BCUT2D eigenvalue weighted by Crippen LogP contribution is 2.41. The molecule has 0 bridgehead atoms. The molecule has 0 spiro atoms. The van der Waals surface area contributed by atoms with Crippen LogP contribution in [0.4, 0.5) is 39.5 Å². The molecule has 0 amide bonds. The molecule has 1 aliphatic heterocycles. The number of hydrogen-bond donors (Lipinski definition) is 0. The van der Waals surface area contributed by atoms with Crippen molar-refractivity contribution in [3.05, 3.63) is 12.3 Å². The van der Waals surface area contributed by atoms with Crippen molar-refractivity contribution < 1.29 is 56.0 Å². The normalized spacial score (nSPS) is 35.3. The van der Waals surface area contributed by atoms with Gasteiger partial charge in [0.25, 0.3) is 0 Å².